The highest BCUT2D eigenvalue weighted by molar-refractivity contribution is 7.09. The van der Waals surface area contributed by atoms with Crippen LogP contribution in [0.3, 0.4) is 0 Å². The minimum Gasteiger partial charge on any atom is -0.374 e. The van der Waals surface area contributed by atoms with Gasteiger partial charge in [-0.05, 0) is 25.7 Å². The molecule has 11 heteroatoms. The Bertz CT molecular complexity index is 847. The molecule has 1 saturated carbocycles. The maximum Gasteiger partial charge on any atom is 0.424 e. The second-order valence-corrected chi connectivity index (χ2v) is 8.24. The minimum atomic E-state index is -5.06. The number of halogens is 3. The number of carbonyl (C=O) groups excluding carboxylic acids is 1. The van der Waals surface area contributed by atoms with Gasteiger partial charge in [0.15, 0.2) is 5.82 Å². The Morgan fingerprint density at radius 2 is 2.07 bits per heavy atom. The molecule has 2 heterocycles. The second kappa shape index (κ2) is 7.43. The first-order valence-corrected chi connectivity index (χ1v) is 9.74. The van der Waals surface area contributed by atoms with Gasteiger partial charge in [0, 0.05) is 17.0 Å². The van der Waals surface area contributed by atoms with E-state index >= 15 is 0 Å². The molecule has 1 fully saturated rings. The zero-order valence-corrected chi connectivity index (χ0v) is 16.4. The van der Waals surface area contributed by atoms with Crippen LogP contribution in [0.25, 0.3) is 0 Å². The van der Waals surface area contributed by atoms with E-state index in [0.717, 1.165) is 12.8 Å². The summed E-state index contributed by atoms with van der Waals surface area (Å²) in [5.74, 6) is -0.273. The van der Waals surface area contributed by atoms with Gasteiger partial charge in [-0.3, -0.25) is 4.79 Å². The summed E-state index contributed by atoms with van der Waals surface area (Å²) < 4.78 is 45.9. The summed E-state index contributed by atoms with van der Waals surface area (Å²) in [6, 6.07) is -0.761. The van der Waals surface area contributed by atoms with Gasteiger partial charge < -0.3 is 14.9 Å². The van der Waals surface area contributed by atoms with Crippen molar-refractivity contribution in [2.75, 3.05) is 0 Å². The summed E-state index contributed by atoms with van der Waals surface area (Å²) >= 11 is 0.658. The standard InChI is InChI=1S/C17H21F3N4O3S/c1-8(2)12(14-23-13(24-27-14)10-4-5-10)22-11(25)6-16(26,17(18,19)20)15-21-9(3)7-28-15/h7-8,10,12,26H,4-6H2,1-3H3,(H,22,25). The summed E-state index contributed by atoms with van der Waals surface area (Å²) in [6.07, 6.45) is -4.35. The molecular weight excluding hydrogens is 397 g/mol. The third-order valence-electron chi connectivity index (χ3n) is 4.51. The van der Waals surface area contributed by atoms with E-state index in [1.807, 2.05) is 0 Å². The summed E-state index contributed by atoms with van der Waals surface area (Å²) in [7, 11) is 0. The van der Waals surface area contributed by atoms with Crippen LogP contribution < -0.4 is 5.32 Å². The van der Waals surface area contributed by atoms with Crippen molar-refractivity contribution in [2.45, 2.75) is 63.8 Å². The van der Waals surface area contributed by atoms with Crippen LogP contribution >= 0.6 is 11.3 Å². The first kappa shape index (κ1) is 20.7. The van der Waals surface area contributed by atoms with Gasteiger partial charge in [-0.25, -0.2) is 4.98 Å². The summed E-state index contributed by atoms with van der Waals surface area (Å²) in [5.41, 5.74) is -3.03. The number of hydrogen-bond acceptors (Lipinski definition) is 7. The van der Waals surface area contributed by atoms with E-state index in [0.29, 0.717) is 22.9 Å². The Morgan fingerprint density at radius 3 is 2.57 bits per heavy atom. The molecule has 0 radical (unpaired) electrons. The number of amides is 1. The third kappa shape index (κ3) is 4.19. The van der Waals surface area contributed by atoms with Crippen molar-refractivity contribution in [3.8, 4) is 0 Å². The number of aromatic nitrogens is 3. The number of hydrogen-bond donors (Lipinski definition) is 2. The minimum absolute atomic E-state index is 0.144. The fourth-order valence-corrected chi connectivity index (χ4v) is 3.61. The van der Waals surface area contributed by atoms with Gasteiger partial charge in [-0.1, -0.05) is 19.0 Å². The van der Waals surface area contributed by atoms with Crippen LogP contribution in [0.15, 0.2) is 9.90 Å². The molecule has 0 saturated heterocycles. The van der Waals surface area contributed by atoms with E-state index in [1.165, 1.54) is 12.3 Å². The van der Waals surface area contributed by atoms with Gasteiger partial charge in [-0.15, -0.1) is 11.3 Å². The van der Waals surface area contributed by atoms with Crippen LogP contribution in [0.4, 0.5) is 13.2 Å². The predicted octanol–water partition coefficient (Wildman–Crippen LogP) is 3.37. The van der Waals surface area contributed by atoms with E-state index in [4.69, 9.17) is 4.52 Å². The van der Waals surface area contributed by atoms with Crippen molar-refractivity contribution >= 4 is 17.2 Å². The van der Waals surface area contributed by atoms with Crippen molar-refractivity contribution in [3.05, 3.63) is 27.8 Å². The molecule has 0 bridgehead atoms. The van der Waals surface area contributed by atoms with Gasteiger partial charge in [0.1, 0.15) is 11.0 Å². The molecule has 3 rings (SSSR count). The Kier molecular flexibility index (Phi) is 5.50. The molecule has 2 atom stereocenters. The lowest BCUT2D eigenvalue weighted by atomic mass is 9.97. The maximum absolute atomic E-state index is 13.6. The number of nitrogens with one attached hydrogen (secondary N) is 1. The molecule has 1 aliphatic rings. The highest BCUT2D eigenvalue weighted by atomic mass is 32.1. The molecule has 28 heavy (non-hydrogen) atoms. The van der Waals surface area contributed by atoms with Crippen LogP contribution in [0.2, 0.25) is 0 Å². The summed E-state index contributed by atoms with van der Waals surface area (Å²) in [5, 5.41) is 17.5. The lowest BCUT2D eigenvalue weighted by Gasteiger charge is -2.29. The zero-order chi connectivity index (χ0) is 20.7. The van der Waals surface area contributed by atoms with E-state index in [2.05, 4.69) is 20.4 Å². The number of aryl methyl sites for hydroxylation is 1. The fourth-order valence-electron chi connectivity index (χ4n) is 2.69. The SMILES string of the molecule is Cc1csc(C(O)(CC(=O)NC(c2nc(C3CC3)no2)C(C)C)C(F)(F)F)n1. The lowest BCUT2D eigenvalue weighted by molar-refractivity contribution is -0.267. The number of aliphatic hydroxyl groups is 1. The Labute approximate surface area is 163 Å². The largest absolute Gasteiger partial charge is 0.424 e. The topological polar surface area (TPSA) is 101 Å². The van der Waals surface area contributed by atoms with Gasteiger partial charge in [-0.2, -0.15) is 18.2 Å². The molecule has 1 amide bonds. The smallest absolute Gasteiger partial charge is 0.374 e. The zero-order valence-electron chi connectivity index (χ0n) is 15.6. The molecule has 0 spiro atoms. The van der Waals surface area contributed by atoms with Crippen molar-refractivity contribution < 1.29 is 27.6 Å². The molecule has 0 aliphatic heterocycles. The van der Waals surface area contributed by atoms with E-state index in [1.54, 1.807) is 13.8 Å². The van der Waals surface area contributed by atoms with Crippen molar-refractivity contribution in [3.63, 3.8) is 0 Å². The lowest BCUT2D eigenvalue weighted by Crippen LogP contribution is -2.47. The molecular formula is C17H21F3N4O3S. The Morgan fingerprint density at radius 1 is 1.39 bits per heavy atom. The number of nitrogens with zero attached hydrogens (tertiary/aromatic N) is 3. The van der Waals surface area contributed by atoms with Crippen LogP contribution in [0.5, 0.6) is 0 Å². The Balaban J connectivity index is 1.78. The number of rotatable bonds is 7. The predicted molar refractivity (Wildman–Crippen MR) is 93.4 cm³/mol. The average Bonchev–Trinajstić information content (AvgIpc) is 3.15. The summed E-state index contributed by atoms with van der Waals surface area (Å²) in [6.45, 7) is 5.05. The van der Waals surface area contributed by atoms with Gasteiger partial charge >= 0.3 is 6.18 Å². The maximum atomic E-state index is 13.6. The van der Waals surface area contributed by atoms with Crippen LogP contribution in [-0.4, -0.2) is 32.3 Å². The molecule has 2 N–H and O–H groups in total. The van der Waals surface area contributed by atoms with Crippen LogP contribution in [-0.2, 0) is 10.4 Å². The molecule has 154 valence electrons. The van der Waals surface area contributed by atoms with Gasteiger partial charge in [0.2, 0.25) is 17.4 Å². The first-order chi connectivity index (χ1) is 13.0. The quantitative estimate of drug-likeness (QED) is 0.715. The van der Waals surface area contributed by atoms with Crippen molar-refractivity contribution in [1.29, 1.82) is 0 Å². The molecule has 7 nitrogen and oxygen atoms in total. The number of thiazole rings is 1. The van der Waals surface area contributed by atoms with Crippen molar-refractivity contribution in [2.24, 2.45) is 5.92 Å². The molecule has 2 aromatic rings. The van der Waals surface area contributed by atoms with E-state index in [9.17, 15) is 23.1 Å². The molecule has 1 aliphatic carbocycles. The summed E-state index contributed by atoms with van der Waals surface area (Å²) in [4.78, 5) is 20.4. The first-order valence-electron chi connectivity index (χ1n) is 8.86. The second-order valence-electron chi connectivity index (χ2n) is 7.38. The van der Waals surface area contributed by atoms with Crippen LogP contribution in [0.1, 0.15) is 67.5 Å². The average molecular weight is 418 g/mol. The van der Waals surface area contributed by atoms with Crippen LogP contribution in [0, 0.1) is 12.8 Å². The highest BCUT2D eigenvalue weighted by Gasteiger charge is 2.58. The highest BCUT2D eigenvalue weighted by Crippen LogP contribution is 2.43. The van der Waals surface area contributed by atoms with E-state index in [-0.39, 0.29) is 17.7 Å². The molecule has 2 unspecified atom stereocenters. The van der Waals surface area contributed by atoms with Gasteiger partial charge in [0.05, 0.1) is 6.42 Å². The number of alkyl halides is 3. The fraction of sp³-hybridized carbons (Fsp3) is 0.647. The molecule has 2 aromatic heterocycles. The normalized spacial score (nSPS) is 18.1. The Hall–Kier alpha value is -2.01. The van der Waals surface area contributed by atoms with E-state index < -0.39 is 35.2 Å². The third-order valence-corrected chi connectivity index (χ3v) is 5.62. The number of carbonyl (C=O) groups is 1. The van der Waals surface area contributed by atoms with Crippen molar-refractivity contribution in [1.82, 2.24) is 20.4 Å². The van der Waals surface area contributed by atoms with Gasteiger partial charge in [0.25, 0.3) is 0 Å². The monoisotopic (exact) mass is 418 g/mol. The molecule has 0 aromatic carbocycles.